The fourth-order valence-corrected chi connectivity index (χ4v) is 2.38. The van der Waals surface area contributed by atoms with Crippen molar-refractivity contribution < 1.29 is 14.9 Å². The molecule has 1 aliphatic rings. The first-order chi connectivity index (χ1) is 8.76. The summed E-state index contributed by atoms with van der Waals surface area (Å²) in [5.74, 6) is 0.946. The molecule has 0 amide bonds. The van der Waals surface area contributed by atoms with Crippen LogP contribution >= 0.6 is 0 Å². The van der Waals surface area contributed by atoms with Crippen LogP contribution in [0.25, 0.3) is 0 Å². The maximum absolute atomic E-state index is 9.18. The fourth-order valence-electron chi connectivity index (χ4n) is 2.38. The van der Waals surface area contributed by atoms with Crippen molar-refractivity contribution in [2.45, 2.75) is 31.8 Å². The molecule has 1 aliphatic heterocycles. The Hall–Kier alpha value is -1.10. The van der Waals surface area contributed by atoms with Crippen molar-refractivity contribution in [2.75, 3.05) is 19.8 Å². The van der Waals surface area contributed by atoms with E-state index in [-0.39, 0.29) is 25.3 Å². The molecule has 3 N–H and O–H groups in total. The average Bonchev–Trinajstić information content (AvgIpc) is 2.59. The molecule has 1 atom stereocenters. The van der Waals surface area contributed by atoms with Gasteiger partial charge in [-0.05, 0) is 25.3 Å². The smallest absolute Gasteiger partial charge is 0.126 e. The lowest BCUT2D eigenvalue weighted by Crippen LogP contribution is -2.38. The molecule has 2 rings (SSSR count). The minimum absolute atomic E-state index is 0.0605. The Bertz CT molecular complexity index is 391. The summed E-state index contributed by atoms with van der Waals surface area (Å²) in [6, 6.07) is 5.96. The van der Waals surface area contributed by atoms with Gasteiger partial charge in [0, 0.05) is 11.6 Å². The molecule has 1 heterocycles. The van der Waals surface area contributed by atoms with Crippen LogP contribution in [0.15, 0.2) is 18.2 Å². The molecule has 4 heteroatoms. The van der Waals surface area contributed by atoms with Crippen molar-refractivity contribution >= 4 is 0 Å². The number of rotatable bonds is 4. The van der Waals surface area contributed by atoms with Gasteiger partial charge in [0.2, 0.25) is 0 Å². The normalized spacial score (nSPS) is 19.2. The molecule has 0 aromatic heterocycles. The molecule has 0 spiro atoms. The molecule has 0 saturated carbocycles. The van der Waals surface area contributed by atoms with E-state index in [0.717, 1.165) is 36.3 Å². The number of hydrogen-bond donors (Lipinski definition) is 3. The van der Waals surface area contributed by atoms with Crippen molar-refractivity contribution in [3.05, 3.63) is 29.3 Å². The minimum atomic E-state index is -0.276. The third kappa shape index (κ3) is 2.83. The minimum Gasteiger partial charge on any atom is -0.493 e. The number of nitrogens with one attached hydrogen (secondary N) is 1. The number of fused-ring (bicyclic) bond motifs is 1. The average molecular weight is 251 g/mol. The second-order valence-corrected chi connectivity index (χ2v) is 4.77. The van der Waals surface area contributed by atoms with E-state index in [1.54, 1.807) is 0 Å². The summed E-state index contributed by atoms with van der Waals surface area (Å²) in [4.78, 5) is 0. The number of aryl methyl sites for hydroxylation is 1. The Kier molecular flexibility index (Phi) is 4.58. The molecule has 1 aromatic carbocycles. The van der Waals surface area contributed by atoms with Gasteiger partial charge in [-0.25, -0.2) is 0 Å². The molecule has 0 radical (unpaired) electrons. The van der Waals surface area contributed by atoms with Crippen molar-refractivity contribution in [1.29, 1.82) is 0 Å². The fraction of sp³-hybridized carbons (Fsp3) is 0.571. The Morgan fingerprint density at radius 3 is 2.89 bits per heavy atom. The van der Waals surface area contributed by atoms with Gasteiger partial charge < -0.3 is 20.3 Å². The molecule has 1 aromatic rings. The van der Waals surface area contributed by atoms with Gasteiger partial charge in [0.15, 0.2) is 0 Å². The zero-order chi connectivity index (χ0) is 13.0. The van der Waals surface area contributed by atoms with Gasteiger partial charge in [-0.15, -0.1) is 0 Å². The Balaban J connectivity index is 2.24. The van der Waals surface area contributed by atoms with Crippen molar-refractivity contribution in [3.8, 4) is 5.75 Å². The Labute approximate surface area is 108 Å². The van der Waals surface area contributed by atoms with Gasteiger partial charge in [-0.2, -0.15) is 0 Å². The Morgan fingerprint density at radius 2 is 2.17 bits per heavy atom. The van der Waals surface area contributed by atoms with Crippen LogP contribution in [0.4, 0.5) is 0 Å². The van der Waals surface area contributed by atoms with E-state index in [1.165, 1.54) is 0 Å². The first-order valence-corrected chi connectivity index (χ1v) is 6.46. The molecule has 0 aliphatic carbocycles. The second kappa shape index (κ2) is 6.18. The lowest BCUT2D eigenvalue weighted by Gasteiger charge is -2.23. The molecule has 1 unspecified atom stereocenters. The highest BCUT2D eigenvalue weighted by molar-refractivity contribution is 5.43. The summed E-state index contributed by atoms with van der Waals surface area (Å²) in [6.07, 6.45) is 1.92. The first-order valence-electron chi connectivity index (χ1n) is 6.46. The first kappa shape index (κ1) is 13.3. The number of ether oxygens (including phenoxy) is 1. The zero-order valence-electron chi connectivity index (χ0n) is 10.7. The number of para-hydroxylation sites is 1. The van der Waals surface area contributed by atoms with Gasteiger partial charge in [-0.1, -0.05) is 18.2 Å². The number of aliphatic hydroxyl groups excluding tert-OH is 2. The van der Waals surface area contributed by atoms with E-state index < -0.39 is 0 Å². The highest BCUT2D eigenvalue weighted by Gasteiger charge is 2.22. The van der Waals surface area contributed by atoms with Crippen molar-refractivity contribution in [1.82, 2.24) is 5.32 Å². The van der Waals surface area contributed by atoms with Crippen molar-refractivity contribution in [3.63, 3.8) is 0 Å². The summed E-state index contributed by atoms with van der Waals surface area (Å²) < 4.78 is 5.79. The van der Waals surface area contributed by atoms with E-state index in [4.69, 9.17) is 4.74 Å². The Morgan fingerprint density at radius 1 is 1.39 bits per heavy atom. The van der Waals surface area contributed by atoms with Crippen LogP contribution in [0.3, 0.4) is 0 Å². The van der Waals surface area contributed by atoms with Crippen LogP contribution in [-0.4, -0.2) is 36.1 Å². The topological polar surface area (TPSA) is 61.7 Å². The van der Waals surface area contributed by atoms with Gasteiger partial charge >= 0.3 is 0 Å². The summed E-state index contributed by atoms with van der Waals surface area (Å²) in [7, 11) is 0. The second-order valence-electron chi connectivity index (χ2n) is 4.77. The molecule has 0 fully saturated rings. The van der Waals surface area contributed by atoms with Gasteiger partial charge in [-0.3, -0.25) is 0 Å². The summed E-state index contributed by atoms with van der Waals surface area (Å²) in [6.45, 7) is 2.64. The predicted octanol–water partition coefficient (Wildman–Crippen LogP) is 1.15. The van der Waals surface area contributed by atoms with E-state index in [2.05, 4.69) is 11.4 Å². The van der Waals surface area contributed by atoms with Crippen LogP contribution < -0.4 is 10.1 Å². The van der Waals surface area contributed by atoms with Crippen LogP contribution in [0.2, 0.25) is 0 Å². The van der Waals surface area contributed by atoms with Crippen LogP contribution in [0.5, 0.6) is 5.75 Å². The lowest BCUT2D eigenvalue weighted by molar-refractivity contribution is 0.160. The maximum Gasteiger partial charge on any atom is 0.126 e. The van der Waals surface area contributed by atoms with Crippen LogP contribution in [-0.2, 0) is 0 Å². The van der Waals surface area contributed by atoms with Gasteiger partial charge in [0.05, 0.1) is 25.9 Å². The third-order valence-corrected chi connectivity index (χ3v) is 3.38. The van der Waals surface area contributed by atoms with Gasteiger partial charge in [0.25, 0.3) is 0 Å². The van der Waals surface area contributed by atoms with Crippen molar-refractivity contribution in [2.24, 2.45) is 0 Å². The molecule has 4 nitrogen and oxygen atoms in total. The molecule has 0 saturated heterocycles. The third-order valence-electron chi connectivity index (χ3n) is 3.38. The monoisotopic (exact) mass is 251 g/mol. The standard InChI is InChI=1S/C14H21NO3/c1-10-4-2-5-12-13(15-11(8-16)9-17)6-3-7-18-14(10)12/h2,4-5,11,13,15-17H,3,6-9H2,1H3. The van der Waals surface area contributed by atoms with Crippen LogP contribution in [0.1, 0.15) is 30.0 Å². The SMILES string of the molecule is Cc1cccc2c1OCCCC2NC(CO)CO. The quantitative estimate of drug-likeness (QED) is 0.751. The summed E-state index contributed by atoms with van der Waals surface area (Å²) in [5.41, 5.74) is 2.25. The molecule has 100 valence electrons. The maximum atomic E-state index is 9.18. The van der Waals surface area contributed by atoms with E-state index in [0.29, 0.717) is 0 Å². The highest BCUT2D eigenvalue weighted by Crippen LogP contribution is 2.34. The highest BCUT2D eigenvalue weighted by atomic mass is 16.5. The molecule has 0 bridgehead atoms. The van der Waals surface area contributed by atoms with Gasteiger partial charge in [0.1, 0.15) is 5.75 Å². The predicted molar refractivity (Wildman–Crippen MR) is 69.7 cm³/mol. The number of aliphatic hydroxyl groups is 2. The zero-order valence-corrected chi connectivity index (χ0v) is 10.7. The lowest BCUT2D eigenvalue weighted by atomic mass is 9.99. The van der Waals surface area contributed by atoms with Crippen LogP contribution in [0, 0.1) is 6.92 Å². The number of benzene rings is 1. The summed E-state index contributed by atoms with van der Waals surface area (Å²) in [5, 5.41) is 21.7. The molecule has 18 heavy (non-hydrogen) atoms. The van der Waals surface area contributed by atoms with E-state index in [1.807, 2.05) is 19.1 Å². The summed E-state index contributed by atoms with van der Waals surface area (Å²) >= 11 is 0. The molecular formula is C14H21NO3. The van der Waals surface area contributed by atoms with E-state index in [9.17, 15) is 10.2 Å². The largest absolute Gasteiger partial charge is 0.493 e. The number of hydrogen-bond acceptors (Lipinski definition) is 4. The molecular weight excluding hydrogens is 230 g/mol. The van der Waals surface area contributed by atoms with E-state index >= 15 is 0 Å².